The fraction of sp³-hybridized carbons (Fsp3) is 0.214. The van der Waals surface area contributed by atoms with Crippen LogP contribution in [0, 0.1) is 0 Å². The zero-order valence-electron chi connectivity index (χ0n) is 20.4. The number of nitrogens with one attached hydrogen (secondary N) is 2. The van der Waals surface area contributed by atoms with Crippen molar-refractivity contribution in [2.75, 3.05) is 42.2 Å². The highest BCUT2D eigenvalue weighted by molar-refractivity contribution is 6.05. The molecule has 1 heterocycles. The van der Waals surface area contributed by atoms with Crippen molar-refractivity contribution >= 4 is 39.8 Å². The van der Waals surface area contributed by atoms with Crippen molar-refractivity contribution in [3.05, 3.63) is 84.1 Å². The van der Waals surface area contributed by atoms with E-state index >= 15 is 0 Å². The van der Waals surface area contributed by atoms with Crippen LogP contribution < -0.4 is 26.0 Å². The van der Waals surface area contributed by atoms with Crippen LogP contribution in [0.2, 0.25) is 0 Å². The molecule has 4 aromatic rings. The highest BCUT2D eigenvalue weighted by atomic mass is 16.5. The number of rotatable bonds is 10. The number of para-hydroxylation sites is 3. The number of nitrogens with zero attached hydrogens (tertiary/aromatic N) is 1. The SMILES string of the molecule is CCN(CC)c1cccc2cc(C(=O)NCCOc3ccc(C(=O)Nc4ccccc4N)cc3)oc12. The molecule has 0 fully saturated rings. The Kier molecular flexibility index (Phi) is 7.75. The average Bonchev–Trinajstić information content (AvgIpc) is 3.34. The zero-order valence-corrected chi connectivity index (χ0v) is 20.4. The molecule has 2 amide bonds. The van der Waals surface area contributed by atoms with E-state index in [1.165, 1.54) is 0 Å². The summed E-state index contributed by atoms with van der Waals surface area (Å²) in [5.74, 6) is 0.292. The molecule has 0 aliphatic carbocycles. The van der Waals surface area contributed by atoms with Crippen LogP contribution in [0.15, 0.2) is 77.2 Å². The van der Waals surface area contributed by atoms with Crippen LogP contribution >= 0.6 is 0 Å². The molecule has 0 aliphatic rings. The molecule has 0 radical (unpaired) electrons. The Bertz CT molecular complexity index is 1340. The van der Waals surface area contributed by atoms with Gasteiger partial charge in [-0.2, -0.15) is 0 Å². The van der Waals surface area contributed by atoms with E-state index in [-0.39, 0.29) is 24.2 Å². The first-order chi connectivity index (χ1) is 17.5. The number of carbonyl (C=O) groups excluding carboxylic acids is 2. The van der Waals surface area contributed by atoms with Crippen molar-refractivity contribution in [1.29, 1.82) is 0 Å². The van der Waals surface area contributed by atoms with Crippen molar-refractivity contribution in [3.8, 4) is 5.75 Å². The second-order valence-corrected chi connectivity index (χ2v) is 8.15. The largest absolute Gasteiger partial charge is 0.492 e. The van der Waals surface area contributed by atoms with Crippen molar-refractivity contribution in [1.82, 2.24) is 5.32 Å². The van der Waals surface area contributed by atoms with Crippen LogP contribution in [0.5, 0.6) is 5.75 Å². The highest BCUT2D eigenvalue weighted by Gasteiger charge is 2.16. The maximum Gasteiger partial charge on any atom is 0.287 e. The smallest absolute Gasteiger partial charge is 0.287 e. The van der Waals surface area contributed by atoms with E-state index in [0.717, 1.165) is 24.2 Å². The molecule has 4 rings (SSSR count). The van der Waals surface area contributed by atoms with E-state index in [4.69, 9.17) is 14.9 Å². The lowest BCUT2D eigenvalue weighted by Gasteiger charge is -2.20. The minimum Gasteiger partial charge on any atom is -0.492 e. The van der Waals surface area contributed by atoms with Crippen LogP contribution in [0.1, 0.15) is 34.8 Å². The molecule has 3 aromatic carbocycles. The van der Waals surface area contributed by atoms with Crippen LogP contribution in [-0.4, -0.2) is 38.1 Å². The summed E-state index contributed by atoms with van der Waals surface area (Å²) >= 11 is 0. The topological polar surface area (TPSA) is 110 Å². The minimum absolute atomic E-state index is 0.262. The number of nitrogen functional groups attached to an aromatic ring is 1. The van der Waals surface area contributed by atoms with Crippen LogP contribution in [0.3, 0.4) is 0 Å². The Labute approximate surface area is 210 Å². The quantitative estimate of drug-likeness (QED) is 0.217. The summed E-state index contributed by atoms with van der Waals surface area (Å²) in [6, 6.07) is 21.5. The first-order valence-electron chi connectivity index (χ1n) is 11.9. The fourth-order valence-corrected chi connectivity index (χ4v) is 3.90. The standard InChI is InChI=1S/C28H30N4O4/c1-3-32(4-2)24-11-7-8-20-18-25(36-26(20)24)28(34)30-16-17-35-21-14-12-19(13-15-21)27(33)31-23-10-6-5-9-22(23)29/h5-15,18H,3-4,16-17,29H2,1-2H3,(H,30,34)(H,31,33). The number of carbonyl (C=O) groups is 2. The number of fused-ring (bicyclic) bond motifs is 1. The molecule has 0 atom stereocenters. The highest BCUT2D eigenvalue weighted by Crippen LogP contribution is 2.29. The summed E-state index contributed by atoms with van der Waals surface area (Å²) in [5, 5.41) is 6.50. The molecule has 4 N–H and O–H groups in total. The van der Waals surface area contributed by atoms with Gasteiger partial charge in [0.25, 0.3) is 11.8 Å². The van der Waals surface area contributed by atoms with Crippen molar-refractivity contribution in [2.45, 2.75) is 13.8 Å². The lowest BCUT2D eigenvalue weighted by Crippen LogP contribution is -2.27. The van der Waals surface area contributed by atoms with Crippen LogP contribution in [0.4, 0.5) is 17.1 Å². The van der Waals surface area contributed by atoms with Crippen molar-refractivity contribution < 1.29 is 18.7 Å². The summed E-state index contributed by atoms with van der Waals surface area (Å²) in [7, 11) is 0. The number of amides is 2. The van der Waals surface area contributed by atoms with Gasteiger partial charge >= 0.3 is 0 Å². The van der Waals surface area contributed by atoms with E-state index in [1.54, 1.807) is 54.6 Å². The molecule has 8 heteroatoms. The van der Waals surface area contributed by atoms with Crippen LogP contribution in [0.25, 0.3) is 11.0 Å². The van der Waals surface area contributed by atoms with Gasteiger partial charge < -0.3 is 30.4 Å². The van der Waals surface area contributed by atoms with Gasteiger partial charge in [0.2, 0.25) is 0 Å². The lowest BCUT2D eigenvalue weighted by atomic mass is 10.2. The van der Waals surface area contributed by atoms with E-state index in [0.29, 0.717) is 34.8 Å². The molecule has 0 spiro atoms. The Hall–Kier alpha value is -4.46. The molecule has 8 nitrogen and oxygen atoms in total. The predicted molar refractivity (Wildman–Crippen MR) is 143 cm³/mol. The minimum atomic E-state index is -0.299. The molecular formula is C28H30N4O4. The molecule has 36 heavy (non-hydrogen) atoms. The number of furan rings is 1. The monoisotopic (exact) mass is 486 g/mol. The van der Waals surface area contributed by atoms with Gasteiger partial charge in [0.15, 0.2) is 11.3 Å². The molecule has 0 saturated heterocycles. The van der Waals surface area contributed by atoms with Gasteiger partial charge in [-0.15, -0.1) is 0 Å². The maximum atomic E-state index is 12.6. The molecule has 0 unspecified atom stereocenters. The summed E-state index contributed by atoms with van der Waals surface area (Å²) in [6.45, 7) is 6.44. The van der Waals surface area contributed by atoms with Crippen LogP contribution in [-0.2, 0) is 0 Å². The van der Waals surface area contributed by atoms with E-state index in [2.05, 4.69) is 29.4 Å². The summed E-state index contributed by atoms with van der Waals surface area (Å²) in [6.07, 6.45) is 0. The molecule has 0 aliphatic heterocycles. The first kappa shape index (κ1) is 24.7. The Morgan fingerprint density at radius 3 is 2.42 bits per heavy atom. The third-order valence-corrected chi connectivity index (χ3v) is 5.83. The number of nitrogens with two attached hydrogens (primary N) is 1. The van der Waals surface area contributed by atoms with Crippen molar-refractivity contribution in [2.24, 2.45) is 0 Å². The van der Waals surface area contributed by atoms with E-state index in [1.807, 2.05) is 18.2 Å². The lowest BCUT2D eigenvalue weighted by molar-refractivity contribution is 0.0921. The van der Waals surface area contributed by atoms with Crippen molar-refractivity contribution in [3.63, 3.8) is 0 Å². The number of benzene rings is 3. The van der Waals surface area contributed by atoms with E-state index in [9.17, 15) is 9.59 Å². The number of ether oxygens (including phenoxy) is 1. The second kappa shape index (κ2) is 11.3. The second-order valence-electron chi connectivity index (χ2n) is 8.15. The number of hydrogen-bond donors (Lipinski definition) is 3. The van der Waals surface area contributed by atoms with E-state index < -0.39 is 0 Å². The third-order valence-electron chi connectivity index (χ3n) is 5.83. The summed E-state index contributed by atoms with van der Waals surface area (Å²) < 4.78 is 11.6. The number of anilines is 3. The predicted octanol–water partition coefficient (Wildman–Crippen LogP) is 4.92. The zero-order chi connectivity index (χ0) is 25.5. The normalized spacial score (nSPS) is 10.7. The van der Waals surface area contributed by atoms with Gasteiger partial charge in [0.1, 0.15) is 12.4 Å². The molecule has 0 bridgehead atoms. The first-order valence-corrected chi connectivity index (χ1v) is 11.9. The van der Waals surface area contributed by atoms with Gasteiger partial charge in [0, 0.05) is 24.0 Å². The Morgan fingerprint density at radius 2 is 1.69 bits per heavy atom. The van der Waals surface area contributed by atoms with Gasteiger partial charge in [-0.25, -0.2) is 0 Å². The molecule has 0 saturated carbocycles. The summed E-state index contributed by atoms with van der Waals surface area (Å²) in [5.41, 5.74) is 9.10. The fourth-order valence-electron chi connectivity index (χ4n) is 3.90. The average molecular weight is 487 g/mol. The Balaban J connectivity index is 1.28. The molecule has 186 valence electrons. The van der Waals surface area contributed by atoms with Gasteiger partial charge in [-0.05, 0) is 62.4 Å². The van der Waals surface area contributed by atoms with Gasteiger partial charge in [0.05, 0.1) is 23.6 Å². The van der Waals surface area contributed by atoms with Gasteiger partial charge in [-0.1, -0.05) is 24.3 Å². The molecule has 1 aromatic heterocycles. The third kappa shape index (κ3) is 5.60. The summed E-state index contributed by atoms with van der Waals surface area (Å²) in [4.78, 5) is 27.2. The molecular weight excluding hydrogens is 456 g/mol. The Morgan fingerprint density at radius 1 is 0.944 bits per heavy atom. The maximum absolute atomic E-state index is 12.6. The number of hydrogen-bond acceptors (Lipinski definition) is 6. The van der Waals surface area contributed by atoms with Gasteiger partial charge in [-0.3, -0.25) is 9.59 Å².